The highest BCUT2D eigenvalue weighted by atomic mass is 32.2. The van der Waals surface area contributed by atoms with Crippen molar-refractivity contribution in [3.63, 3.8) is 0 Å². The molecule has 3 aromatic rings. The lowest BCUT2D eigenvalue weighted by Crippen LogP contribution is -2.37. The number of aromatic nitrogens is 2. The lowest BCUT2D eigenvalue weighted by atomic mass is 10.1. The molecular weight excluding hydrogens is 426 g/mol. The molecule has 1 amide bonds. The third-order valence-corrected chi connectivity index (χ3v) is 6.36. The van der Waals surface area contributed by atoms with Gasteiger partial charge in [0.05, 0.1) is 23.7 Å². The number of ether oxygens (including phenoxy) is 1. The molecule has 0 unspecified atom stereocenters. The summed E-state index contributed by atoms with van der Waals surface area (Å²) < 4.78 is 29.0. The predicted molar refractivity (Wildman–Crippen MR) is 114 cm³/mol. The molecule has 2 heterocycles. The van der Waals surface area contributed by atoms with Crippen LogP contribution in [-0.2, 0) is 14.8 Å². The first-order valence-corrected chi connectivity index (χ1v) is 11.5. The van der Waals surface area contributed by atoms with Gasteiger partial charge in [-0.15, -0.1) is 10.2 Å². The van der Waals surface area contributed by atoms with Gasteiger partial charge in [-0.3, -0.25) is 10.1 Å². The van der Waals surface area contributed by atoms with Crippen LogP contribution in [0.2, 0.25) is 0 Å². The number of primary sulfonamides is 1. The van der Waals surface area contributed by atoms with Crippen LogP contribution < -0.4 is 15.4 Å². The van der Waals surface area contributed by atoms with Gasteiger partial charge in [-0.25, -0.2) is 13.6 Å². The second-order valence-electron chi connectivity index (χ2n) is 6.56. The van der Waals surface area contributed by atoms with E-state index >= 15 is 0 Å². The van der Waals surface area contributed by atoms with E-state index in [1.54, 1.807) is 6.07 Å². The topological polar surface area (TPSA) is 128 Å². The molecule has 156 valence electrons. The van der Waals surface area contributed by atoms with Crippen LogP contribution in [0.25, 0.3) is 10.6 Å². The van der Waals surface area contributed by atoms with Gasteiger partial charge < -0.3 is 9.64 Å². The third kappa shape index (κ3) is 4.49. The van der Waals surface area contributed by atoms with Crippen LogP contribution >= 0.6 is 11.3 Å². The van der Waals surface area contributed by atoms with Crippen molar-refractivity contribution >= 4 is 38.1 Å². The number of nitrogens with one attached hydrogen (secondary N) is 1. The van der Waals surface area contributed by atoms with Gasteiger partial charge in [-0.1, -0.05) is 41.7 Å². The molecule has 1 fully saturated rings. The zero-order valence-corrected chi connectivity index (χ0v) is 17.4. The number of carbonyl (C=O) groups is 1. The van der Waals surface area contributed by atoms with Gasteiger partial charge >= 0.3 is 0 Å². The highest BCUT2D eigenvalue weighted by molar-refractivity contribution is 7.89. The number of sulfonamides is 1. The second-order valence-corrected chi connectivity index (χ2v) is 9.09. The van der Waals surface area contributed by atoms with Gasteiger partial charge in [0, 0.05) is 24.3 Å². The molecule has 0 aliphatic carbocycles. The molecule has 0 saturated carbocycles. The largest absolute Gasteiger partial charge is 0.378 e. The summed E-state index contributed by atoms with van der Waals surface area (Å²) >= 11 is 1.23. The number of nitrogens with two attached hydrogens (primary N) is 1. The summed E-state index contributed by atoms with van der Waals surface area (Å²) in [6.45, 7) is 2.22. The Bertz CT molecular complexity index is 1160. The van der Waals surface area contributed by atoms with Gasteiger partial charge in [0.2, 0.25) is 15.2 Å². The summed E-state index contributed by atoms with van der Waals surface area (Å²) in [7, 11) is -3.96. The standard InChI is InChI=1S/C19H19N5O4S2/c20-30(26,27)14-6-7-16(24-8-10-28-11-9-24)15(12-14)17(25)21-19-23-22-18(29-19)13-4-2-1-3-5-13/h1-7,12H,8-11H2,(H2,20,26,27)(H,21,23,25). The number of morpholine rings is 1. The first-order chi connectivity index (χ1) is 14.4. The van der Waals surface area contributed by atoms with Gasteiger partial charge in [-0.05, 0) is 18.2 Å². The normalized spacial score (nSPS) is 14.5. The maximum atomic E-state index is 13.0. The Labute approximate surface area is 177 Å². The minimum atomic E-state index is -3.96. The van der Waals surface area contributed by atoms with Crippen molar-refractivity contribution in [2.24, 2.45) is 5.14 Å². The van der Waals surface area contributed by atoms with Crippen molar-refractivity contribution < 1.29 is 17.9 Å². The first-order valence-electron chi connectivity index (χ1n) is 9.11. The molecule has 2 aromatic carbocycles. The van der Waals surface area contributed by atoms with Gasteiger partial charge in [0.1, 0.15) is 5.01 Å². The summed E-state index contributed by atoms with van der Waals surface area (Å²) in [5.41, 5.74) is 1.69. The first kappa shape index (κ1) is 20.4. The van der Waals surface area contributed by atoms with E-state index in [0.717, 1.165) is 5.56 Å². The minimum absolute atomic E-state index is 0.133. The van der Waals surface area contributed by atoms with E-state index in [1.165, 1.54) is 23.5 Å². The fraction of sp³-hybridized carbons (Fsp3) is 0.211. The monoisotopic (exact) mass is 445 g/mol. The average molecular weight is 446 g/mol. The van der Waals surface area contributed by atoms with Crippen molar-refractivity contribution in [3.8, 4) is 10.6 Å². The smallest absolute Gasteiger partial charge is 0.259 e. The van der Waals surface area contributed by atoms with Crippen molar-refractivity contribution in [3.05, 3.63) is 54.1 Å². The summed E-state index contributed by atoms with van der Waals surface area (Å²) in [5, 5.41) is 17.1. The van der Waals surface area contributed by atoms with Gasteiger partial charge in [-0.2, -0.15) is 0 Å². The number of benzene rings is 2. The zero-order chi connectivity index (χ0) is 21.1. The highest BCUT2D eigenvalue weighted by Crippen LogP contribution is 2.29. The molecular formula is C19H19N5O4S2. The van der Waals surface area contributed by atoms with E-state index in [2.05, 4.69) is 15.5 Å². The SMILES string of the molecule is NS(=O)(=O)c1ccc(N2CCOCC2)c(C(=O)Nc2nnc(-c3ccccc3)s2)c1. The Kier molecular flexibility index (Phi) is 5.77. The molecule has 30 heavy (non-hydrogen) atoms. The molecule has 11 heteroatoms. The van der Waals surface area contributed by atoms with E-state index in [-0.39, 0.29) is 10.5 Å². The Morgan fingerprint density at radius 2 is 1.83 bits per heavy atom. The summed E-state index contributed by atoms with van der Waals surface area (Å²) in [6.07, 6.45) is 0. The highest BCUT2D eigenvalue weighted by Gasteiger charge is 2.22. The number of amides is 1. The van der Waals surface area contributed by atoms with E-state index < -0.39 is 15.9 Å². The minimum Gasteiger partial charge on any atom is -0.378 e. The van der Waals surface area contributed by atoms with E-state index in [4.69, 9.17) is 9.88 Å². The quantitative estimate of drug-likeness (QED) is 0.614. The van der Waals surface area contributed by atoms with Crippen LogP contribution in [0.1, 0.15) is 10.4 Å². The van der Waals surface area contributed by atoms with E-state index in [9.17, 15) is 13.2 Å². The van der Waals surface area contributed by atoms with Crippen LogP contribution in [0.5, 0.6) is 0 Å². The molecule has 1 saturated heterocycles. The molecule has 4 rings (SSSR count). The average Bonchev–Trinajstić information content (AvgIpc) is 3.22. The fourth-order valence-corrected chi connectivity index (χ4v) is 4.37. The zero-order valence-electron chi connectivity index (χ0n) is 15.8. The maximum Gasteiger partial charge on any atom is 0.259 e. The fourth-order valence-electron chi connectivity index (χ4n) is 3.09. The Morgan fingerprint density at radius 3 is 2.53 bits per heavy atom. The lowest BCUT2D eigenvalue weighted by Gasteiger charge is -2.30. The lowest BCUT2D eigenvalue weighted by molar-refractivity contribution is 0.102. The second kappa shape index (κ2) is 8.48. The molecule has 0 atom stereocenters. The predicted octanol–water partition coefficient (Wildman–Crippen LogP) is 1.94. The molecule has 9 nitrogen and oxygen atoms in total. The molecule has 1 aliphatic rings. The van der Waals surface area contributed by atoms with Crippen LogP contribution in [0.15, 0.2) is 53.4 Å². The molecule has 1 aliphatic heterocycles. The Hall–Kier alpha value is -2.86. The van der Waals surface area contributed by atoms with E-state index in [1.807, 2.05) is 35.2 Å². The van der Waals surface area contributed by atoms with E-state index in [0.29, 0.717) is 42.1 Å². The molecule has 1 aromatic heterocycles. The number of anilines is 2. The van der Waals surface area contributed by atoms with Crippen molar-refractivity contribution in [1.82, 2.24) is 10.2 Å². The van der Waals surface area contributed by atoms with Gasteiger partial charge in [0.25, 0.3) is 5.91 Å². The van der Waals surface area contributed by atoms with Crippen LogP contribution in [0.3, 0.4) is 0 Å². The number of hydrogen-bond acceptors (Lipinski definition) is 8. The maximum absolute atomic E-state index is 13.0. The number of nitrogens with zero attached hydrogens (tertiary/aromatic N) is 3. The Balaban J connectivity index is 1.64. The van der Waals surface area contributed by atoms with Crippen molar-refractivity contribution in [2.45, 2.75) is 4.90 Å². The molecule has 0 spiro atoms. The number of rotatable bonds is 5. The summed E-state index contributed by atoms with van der Waals surface area (Å²) in [5.74, 6) is -0.488. The molecule has 3 N–H and O–H groups in total. The van der Waals surface area contributed by atoms with Crippen LogP contribution in [-0.4, -0.2) is 50.8 Å². The summed E-state index contributed by atoms with van der Waals surface area (Å²) in [4.78, 5) is 14.9. The number of hydrogen-bond donors (Lipinski definition) is 2. The summed E-state index contributed by atoms with van der Waals surface area (Å²) in [6, 6.07) is 13.8. The van der Waals surface area contributed by atoms with Crippen LogP contribution in [0, 0.1) is 0 Å². The van der Waals surface area contributed by atoms with Crippen LogP contribution in [0.4, 0.5) is 10.8 Å². The van der Waals surface area contributed by atoms with Gasteiger partial charge in [0.15, 0.2) is 0 Å². The molecule has 0 bridgehead atoms. The number of carbonyl (C=O) groups excluding carboxylic acids is 1. The Morgan fingerprint density at radius 1 is 1.10 bits per heavy atom. The van der Waals surface area contributed by atoms with Crippen molar-refractivity contribution in [1.29, 1.82) is 0 Å². The third-order valence-electron chi connectivity index (χ3n) is 4.56. The molecule has 0 radical (unpaired) electrons. The van der Waals surface area contributed by atoms with Crippen molar-refractivity contribution in [2.75, 3.05) is 36.5 Å².